The van der Waals surface area contributed by atoms with Gasteiger partial charge in [-0.05, 0) is 86.3 Å². The van der Waals surface area contributed by atoms with Gasteiger partial charge in [-0.25, -0.2) is 4.98 Å². The Bertz CT molecular complexity index is 1280. The number of aliphatic hydroxyl groups is 1. The van der Waals surface area contributed by atoms with Crippen LogP contribution in [-0.2, 0) is 18.3 Å². The van der Waals surface area contributed by atoms with Crippen molar-refractivity contribution in [2.75, 3.05) is 0 Å². The van der Waals surface area contributed by atoms with E-state index in [-0.39, 0.29) is 5.41 Å². The Labute approximate surface area is 201 Å². The van der Waals surface area contributed by atoms with Crippen LogP contribution in [0.5, 0.6) is 11.6 Å². The molecule has 1 aromatic heterocycles. The average Bonchev–Trinajstić information content (AvgIpc) is 2.86. The molecular weight excluding hydrogens is 420 g/mol. The maximum atomic E-state index is 11.2. The second-order valence-corrected chi connectivity index (χ2v) is 9.58. The molecule has 4 heteroatoms. The number of rotatable bonds is 4. The van der Waals surface area contributed by atoms with E-state index in [0.717, 1.165) is 31.4 Å². The smallest absolute Gasteiger partial charge is 0.219 e. The molecule has 5 rings (SSSR count). The summed E-state index contributed by atoms with van der Waals surface area (Å²) in [4.78, 5) is 4.24. The SMILES string of the molecule is CC#C[C@@]1(O)CC[C@@]2(Cc3ccccc3)c3ccc(Oc4ccc(C#N)cn4)cc3CC[C@@H]2C1. The fraction of sp³-hybridized carbons (Fsp3) is 0.333. The molecule has 1 fully saturated rings. The van der Waals surface area contributed by atoms with Crippen LogP contribution in [0.3, 0.4) is 0 Å². The number of nitriles is 1. The summed E-state index contributed by atoms with van der Waals surface area (Å²) in [7, 11) is 0. The molecule has 0 amide bonds. The first kappa shape index (κ1) is 22.2. The van der Waals surface area contributed by atoms with Gasteiger partial charge in [-0.1, -0.05) is 42.3 Å². The molecule has 0 aliphatic heterocycles. The van der Waals surface area contributed by atoms with Gasteiger partial charge < -0.3 is 9.84 Å². The molecule has 170 valence electrons. The number of ether oxygens (including phenoxy) is 1. The standard InChI is InChI=1S/C30H28N2O2/c1-2-14-29(33)15-16-30(18-22-6-4-3-5-7-22)25(19-29)10-9-24-17-26(11-12-27(24)30)34-28-13-8-23(20-31)21-32-28/h3-8,11-13,17,21,25,33H,9-10,15-16,18-19H2,1H3/t25-,29-,30+/m1/s1. The van der Waals surface area contributed by atoms with Crippen LogP contribution in [0, 0.1) is 29.1 Å². The highest BCUT2D eigenvalue weighted by Crippen LogP contribution is 2.54. The van der Waals surface area contributed by atoms with Gasteiger partial charge in [-0.2, -0.15) is 5.26 Å². The lowest BCUT2D eigenvalue weighted by Crippen LogP contribution is -2.50. The van der Waals surface area contributed by atoms with Crippen molar-refractivity contribution in [1.82, 2.24) is 4.98 Å². The second kappa shape index (κ2) is 8.98. The fourth-order valence-electron chi connectivity index (χ4n) is 5.99. The predicted molar refractivity (Wildman–Crippen MR) is 131 cm³/mol. The summed E-state index contributed by atoms with van der Waals surface area (Å²) in [5.41, 5.74) is 3.61. The van der Waals surface area contributed by atoms with E-state index in [9.17, 15) is 5.11 Å². The minimum absolute atomic E-state index is 0.0260. The van der Waals surface area contributed by atoms with Crippen molar-refractivity contribution in [2.24, 2.45) is 5.92 Å². The second-order valence-electron chi connectivity index (χ2n) is 9.58. The van der Waals surface area contributed by atoms with Crippen LogP contribution in [0.25, 0.3) is 0 Å². The molecule has 1 heterocycles. The summed E-state index contributed by atoms with van der Waals surface area (Å²) in [6, 6.07) is 22.6. The lowest BCUT2D eigenvalue weighted by Gasteiger charge is -2.52. The summed E-state index contributed by atoms with van der Waals surface area (Å²) in [5, 5.41) is 20.1. The molecule has 0 unspecified atom stereocenters. The van der Waals surface area contributed by atoms with E-state index in [1.807, 2.05) is 13.0 Å². The Morgan fingerprint density at radius 3 is 2.71 bits per heavy atom. The van der Waals surface area contributed by atoms with Gasteiger partial charge in [-0.3, -0.25) is 0 Å². The van der Waals surface area contributed by atoms with Gasteiger partial charge in [-0.15, -0.1) is 5.92 Å². The first-order valence-corrected chi connectivity index (χ1v) is 11.9. The van der Waals surface area contributed by atoms with Crippen molar-refractivity contribution >= 4 is 0 Å². The molecule has 2 aliphatic carbocycles. The molecule has 2 aliphatic rings. The van der Waals surface area contributed by atoms with Crippen molar-refractivity contribution in [2.45, 2.75) is 56.5 Å². The maximum absolute atomic E-state index is 11.2. The van der Waals surface area contributed by atoms with E-state index in [1.54, 1.807) is 12.1 Å². The van der Waals surface area contributed by atoms with Gasteiger partial charge in [0.25, 0.3) is 0 Å². The van der Waals surface area contributed by atoms with E-state index in [2.05, 4.69) is 65.4 Å². The van der Waals surface area contributed by atoms with Crippen LogP contribution in [-0.4, -0.2) is 15.7 Å². The Balaban J connectivity index is 1.50. The highest BCUT2D eigenvalue weighted by molar-refractivity contribution is 5.46. The number of benzene rings is 2. The fourth-order valence-corrected chi connectivity index (χ4v) is 5.99. The maximum Gasteiger partial charge on any atom is 0.219 e. The van der Waals surface area contributed by atoms with Crippen LogP contribution in [0.1, 0.15) is 54.9 Å². The molecule has 34 heavy (non-hydrogen) atoms. The number of pyridine rings is 1. The normalized spacial score (nSPS) is 25.1. The minimum Gasteiger partial charge on any atom is -0.439 e. The Morgan fingerprint density at radius 1 is 1.12 bits per heavy atom. The van der Waals surface area contributed by atoms with E-state index in [4.69, 9.17) is 10.00 Å². The van der Waals surface area contributed by atoms with E-state index < -0.39 is 5.60 Å². The summed E-state index contributed by atoms with van der Waals surface area (Å²) in [5.74, 6) is 7.66. The Kier molecular flexibility index (Phi) is 5.86. The predicted octanol–water partition coefficient (Wildman–Crippen LogP) is 5.73. The first-order valence-electron chi connectivity index (χ1n) is 11.9. The van der Waals surface area contributed by atoms with E-state index >= 15 is 0 Å². The van der Waals surface area contributed by atoms with Crippen LogP contribution in [0.4, 0.5) is 0 Å². The number of aryl methyl sites for hydroxylation is 1. The van der Waals surface area contributed by atoms with Gasteiger partial charge >= 0.3 is 0 Å². The molecule has 4 nitrogen and oxygen atoms in total. The van der Waals surface area contributed by atoms with E-state index in [1.165, 1.54) is 22.9 Å². The number of hydrogen-bond donors (Lipinski definition) is 1. The quantitative estimate of drug-likeness (QED) is 0.518. The molecule has 0 spiro atoms. The van der Waals surface area contributed by atoms with E-state index in [0.29, 0.717) is 30.2 Å². The van der Waals surface area contributed by atoms with Crippen molar-refractivity contribution in [3.05, 3.63) is 89.1 Å². The number of aromatic nitrogens is 1. The highest BCUT2D eigenvalue weighted by atomic mass is 16.5. The summed E-state index contributed by atoms with van der Waals surface area (Å²) < 4.78 is 6.02. The third-order valence-electron chi connectivity index (χ3n) is 7.53. The van der Waals surface area contributed by atoms with Crippen molar-refractivity contribution in [1.29, 1.82) is 5.26 Å². The van der Waals surface area contributed by atoms with Crippen molar-refractivity contribution in [3.63, 3.8) is 0 Å². The molecule has 2 aromatic carbocycles. The first-order chi connectivity index (χ1) is 16.5. The molecule has 3 atom stereocenters. The molecule has 0 radical (unpaired) electrons. The van der Waals surface area contributed by atoms with Gasteiger partial charge in [0.15, 0.2) is 0 Å². The number of hydrogen-bond acceptors (Lipinski definition) is 4. The molecule has 0 bridgehead atoms. The van der Waals surface area contributed by atoms with Gasteiger partial charge in [0.05, 0.1) is 5.56 Å². The van der Waals surface area contributed by atoms with Crippen LogP contribution in [0.15, 0.2) is 66.9 Å². The third kappa shape index (κ3) is 4.18. The average molecular weight is 449 g/mol. The topological polar surface area (TPSA) is 66.1 Å². The monoisotopic (exact) mass is 448 g/mol. The zero-order chi connectivity index (χ0) is 23.6. The number of nitrogens with zero attached hydrogens (tertiary/aromatic N) is 2. The third-order valence-corrected chi connectivity index (χ3v) is 7.53. The Hall–Kier alpha value is -3.60. The zero-order valence-electron chi connectivity index (χ0n) is 19.4. The highest BCUT2D eigenvalue weighted by Gasteiger charge is 2.51. The van der Waals surface area contributed by atoms with Gasteiger partial charge in [0.2, 0.25) is 5.88 Å². The molecule has 0 saturated heterocycles. The van der Waals surface area contributed by atoms with Crippen LogP contribution in [0.2, 0.25) is 0 Å². The molecule has 3 aromatic rings. The largest absolute Gasteiger partial charge is 0.439 e. The van der Waals surface area contributed by atoms with Crippen molar-refractivity contribution in [3.8, 4) is 29.5 Å². The Morgan fingerprint density at radius 2 is 1.97 bits per heavy atom. The zero-order valence-corrected chi connectivity index (χ0v) is 19.4. The van der Waals surface area contributed by atoms with Crippen LogP contribution < -0.4 is 4.74 Å². The lowest BCUT2D eigenvalue weighted by atomic mass is 9.52. The van der Waals surface area contributed by atoms with Gasteiger partial charge in [0.1, 0.15) is 17.4 Å². The summed E-state index contributed by atoms with van der Waals surface area (Å²) in [6.45, 7) is 1.81. The van der Waals surface area contributed by atoms with Gasteiger partial charge in [0, 0.05) is 17.7 Å². The molecule has 1 N–H and O–H groups in total. The van der Waals surface area contributed by atoms with Crippen molar-refractivity contribution < 1.29 is 9.84 Å². The lowest BCUT2D eigenvalue weighted by molar-refractivity contribution is -0.00804. The number of fused-ring (bicyclic) bond motifs is 3. The van der Waals surface area contributed by atoms with Crippen LogP contribution >= 0.6 is 0 Å². The molecule has 1 saturated carbocycles. The summed E-state index contributed by atoms with van der Waals surface area (Å²) >= 11 is 0. The minimum atomic E-state index is -0.887. The summed E-state index contributed by atoms with van der Waals surface area (Å²) in [6.07, 6.45) is 6.75. The molecular formula is C30H28N2O2.